The van der Waals surface area contributed by atoms with E-state index in [1.54, 1.807) is 11.9 Å². The van der Waals surface area contributed by atoms with E-state index in [9.17, 15) is 9.59 Å². The minimum Gasteiger partial charge on any atom is -0.326 e. The third-order valence-electron chi connectivity index (χ3n) is 2.13. The van der Waals surface area contributed by atoms with E-state index in [1.165, 1.54) is 11.9 Å². The van der Waals surface area contributed by atoms with Crippen molar-refractivity contribution in [1.29, 1.82) is 0 Å². The Morgan fingerprint density at radius 1 is 1.25 bits per heavy atom. The van der Waals surface area contributed by atoms with Crippen LogP contribution in [-0.2, 0) is 4.79 Å². The van der Waals surface area contributed by atoms with Crippen LogP contribution in [-0.4, -0.2) is 42.4 Å². The number of urea groups is 1. The predicted octanol–water partition coefficient (Wildman–Crippen LogP) is 0.536. The van der Waals surface area contributed by atoms with Crippen LogP contribution >= 0.6 is 0 Å². The summed E-state index contributed by atoms with van der Waals surface area (Å²) in [7, 11) is 3.22. The lowest BCUT2D eigenvalue weighted by Gasteiger charge is -2.39. The molecular formula is C8H14N2O2. The molecule has 1 fully saturated rings. The summed E-state index contributed by atoms with van der Waals surface area (Å²) in [5.41, 5.74) is -0.447. The first-order chi connectivity index (χ1) is 5.36. The molecule has 1 rings (SSSR count). The van der Waals surface area contributed by atoms with Crippen LogP contribution in [0.4, 0.5) is 4.79 Å². The van der Waals surface area contributed by atoms with Gasteiger partial charge in [0.2, 0.25) is 5.91 Å². The van der Waals surface area contributed by atoms with E-state index in [0.29, 0.717) is 6.54 Å². The third kappa shape index (κ3) is 1.17. The average Bonchev–Trinajstić information content (AvgIpc) is 1.97. The lowest BCUT2D eigenvalue weighted by Crippen LogP contribution is -2.57. The second-order valence-electron chi connectivity index (χ2n) is 3.89. The van der Waals surface area contributed by atoms with Gasteiger partial charge in [-0.15, -0.1) is 0 Å². The van der Waals surface area contributed by atoms with Crippen LogP contribution in [0.2, 0.25) is 0 Å². The van der Waals surface area contributed by atoms with Gasteiger partial charge in [0.15, 0.2) is 0 Å². The van der Waals surface area contributed by atoms with Crippen molar-refractivity contribution in [2.75, 3.05) is 20.6 Å². The molecule has 0 bridgehead atoms. The van der Waals surface area contributed by atoms with Gasteiger partial charge in [-0.25, -0.2) is 4.79 Å². The lowest BCUT2D eigenvalue weighted by molar-refractivity contribution is -0.140. The fourth-order valence-electron chi connectivity index (χ4n) is 1.53. The number of rotatable bonds is 0. The Bertz CT molecular complexity index is 235. The van der Waals surface area contributed by atoms with Gasteiger partial charge in [-0.2, -0.15) is 0 Å². The highest BCUT2D eigenvalue weighted by Crippen LogP contribution is 2.24. The Kier molecular flexibility index (Phi) is 1.86. The minimum absolute atomic E-state index is 0.106. The van der Waals surface area contributed by atoms with Crippen molar-refractivity contribution < 1.29 is 9.59 Å². The molecule has 0 aliphatic carbocycles. The second kappa shape index (κ2) is 2.47. The molecule has 0 atom stereocenters. The quantitative estimate of drug-likeness (QED) is 0.532. The van der Waals surface area contributed by atoms with Gasteiger partial charge in [0.05, 0.1) is 5.41 Å². The zero-order chi connectivity index (χ0) is 9.52. The van der Waals surface area contributed by atoms with Crippen molar-refractivity contribution in [1.82, 2.24) is 9.80 Å². The van der Waals surface area contributed by atoms with Gasteiger partial charge >= 0.3 is 6.03 Å². The van der Waals surface area contributed by atoms with E-state index >= 15 is 0 Å². The van der Waals surface area contributed by atoms with Gasteiger partial charge in [0.25, 0.3) is 0 Å². The van der Waals surface area contributed by atoms with Crippen molar-refractivity contribution in [2.45, 2.75) is 13.8 Å². The summed E-state index contributed by atoms with van der Waals surface area (Å²) in [6.07, 6.45) is 0. The Morgan fingerprint density at radius 2 is 1.75 bits per heavy atom. The maximum Gasteiger partial charge on any atom is 0.326 e. The molecular weight excluding hydrogens is 156 g/mol. The standard InChI is InChI=1S/C8H14N2O2/c1-8(2)5-9(3)7(12)10(4)6(8)11/h5H2,1-4H3. The molecule has 0 N–H and O–H groups in total. The highest BCUT2D eigenvalue weighted by atomic mass is 16.2. The molecule has 1 saturated heterocycles. The molecule has 0 aromatic heterocycles. The highest BCUT2D eigenvalue weighted by Gasteiger charge is 2.40. The zero-order valence-electron chi connectivity index (χ0n) is 7.92. The number of hydrogen-bond donors (Lipinski definition) is 0. The Balaban J connectivity index is 2.93. The Hall–Kier alpha value is -1.06. The van der Waals surface area contributed by atoms with Crippen LogP contribution in [0, 0.1) is 5.41 Å². The molecule has 12 heavy (non-hydrogen) atoms. The molecule has 0 aromatic carbocycles. The van der Waals surface area contributed by atoms with Crippen LogP contribution in [0.15, 0.2) is 0 Å². The zero-order valence-corrected chi connectivity index (χ0v) is 7.92. The first kappa shape index (κ1) is 9.03. The van der Waals surface area contributed by atoms with Crippen molar-refractivity contribution in [3.05, 3.63) is 0 Å². The molecule has 1 heterocycles. The van der Waals surface area contributed by atoms with Crippen molar-refractivity contribution in [3.8, 4) is 0 Å². The predicted molar refractivity (Wildman–Crippen MR) is 44.6 cm³/mol. The summed E-state index contributed by atoms with van der Waals surface area (Å²) in [5.74, 6) is -0.106. The summed E-state index contributed by atoms with van der Waals surface area (Å²) >= 11 is 0. The smallest absolute Gasteiger partial charge is 0.326 e. The SMILES string of the molecule is CN1CC(C)(C)C(=O)N(C)C1=O. The van der Waals surface area contributed by atoms with E-state index in [4.69, 9.17) is 0 Å². The van der Waals surface area contributed by atoms with Crippen molar-refractivity contribution in [3.63, 3.8) is 0 Å². The molecule has 0 unspecified atom stereocenters. The molecule has 1 aliphatic heterocycles. The molecule has 0 aromatic rings. The topological polar surface area (TPSA) is 40.6 Å². The fraction of sp³-hybridized carbons (Fsp3) is 0.750. The van der Waals surface area contributed by atoms with E-state index < -0.39 is 5.41 Å². The number of amides is 3. The number of nitrogens with zero attached hydrogens (tertiary/aromatic N) is 2. The Morgan fingerprint density at radius 3 is 2.25 bits per heavy atom. The number of hydrogen-bond acceptors (Lipinski definition) is 2. The second-order valence-corrected chi connectivity index (χ2v) is 3.89. The van der Waals surface area contributed by atoms with Crippen LogP contribution < -0.4 is 0 Å². The Labute approximate surface area is 72.1 Å². The largest absolute Gasteiger partial charge is 0.326 e. The molecule has 0 radical (unpaired) electrons. The average molecular weight is 170 g/mol. The number of carbonyl (C=O) groups excluding carboxylic acids is 2. The third-order valence-corrected chi connectivity index (χ3v) is 2.13. The molecule has 1 aliphatic rings. The monoisotopic (exact) mass is 170 g/mol. The van der Waals surface area contributed by atoms with E-state index in [0.717, 1.165) is 0 Å². The van der Waals surface area contributed by atoms with Crippen LogP contribution in [0.5, 0.6) is 0 Å². The molecule has 68 valence electrons. The summed E-state index contributed by atoms with van der Waals surface area (Å²) in [5, 5.41) is 0. The van der Waals surface area contributed by atoms with Gasteiger partial charge < -0.3 is 4.90 Å². The molecule has 3 amide bonds. The number of imide groups is 1. The van der Waals surface area contributed by atoms with Crippen molar-refractivity contribution in [2.24, 2.45) is 5.41 Å². The van der Waals surface area contributed by atoms with Gasteiger partial charge in [0, 0.05) is 20.6 Å². The summed E-state index contributed by atoms with van der Waals surface area (Å²) in [6.45, 7) is 4.18. The first-order valence-corrected chi connectivity index (χ1v) is 3.89. The van der Waals surface area contributed by atoms with E-state index in [2.05, 4.69) is 0 Å². The maximum atomic E-state index is 11.5. The fourth-order valence-corrected chi connectivity index (χ4v) is 1.53. The van der Waals surface area contributed by atoms with Crippen LogP contribution in [0.25, 0.3) is 0 Å². The molecule has 0 spiro atoms. The lowest BCUT2D eigenvalue weighted by atomic mass is 9.89. The van der Waals surface area contributed by atoms with Crippen molar-refractivity contribution >= 4 is 11.9 Å². The van der Waals surface area contributed by atoms with Gasteiger partial charge in [0.1, 0.15) is 0 Å². The minimum atomic E-state index is -0.447. The van der Waals surface area contributed by atoms with Gasteiger partial charge in [-0.1, -0.05) is 0 Å². The summed E-state index contributed by atoms with van der Waals surface area (Å²) in [6, 6.07) is -0.223. The van der Waals surface area contributed by atoms with E-state index in [1.807, 2.05) is 13.8 Å². The van der Waals surface area contributed by atoms with Gasteiger partial charge in [-0.3, -0.25) is 9.69 Å². The molecule has 0 saturated carbocycles. The number of carbonyl (C=O) groups is 2. The van der Waals surface area contributed by atoms with Gasteiger partial charge in [-0.05, 0) is 13.8 Å². The van der Waals surface area contributed by atoms with E-state index in [-0.39, 0.29) is 11.9 Å². The normalized spacial score (nSPS) is 23.3. The maximum absolute atomic E-state index is 11.5. The summed E-state index contributed by atoms with van der Waals surface area (Å²) < 4.78 is 0. The molecule has 4 heteroatoms. The summed E-state index contributed by atoms with van der Waals surface area (Å²) in [4.78, 5) is 25.5. The highest BCUT2D eigenvalue weighted by molar-refractivity contribution is 5.99. The van der Waals surface area contributed by atoms with Crippen LogP contribution in [0.3, 0.4) is 0 Å². The molecule has 4 nitrogen and oxygen atoms in total. The van der Waals surface area contributed by atoms with Crippen LogP contribution in [0.1, 0.15) is 13.8 Å². The first-order valence-electron chi connectivity index (χ1n) is 3.89.